The Morgan fingerprint density at radius 3 is 2.44 bits per heavy atom. The lowest BCUT2D eigenvalue weighted by Crippen LogP contribution is -2.34. The van der Waals surface area contributed by atoms with Gasteiger partial charge in [0.15, 0.2) is 0 Å². The SMILES string of the molecule is CN(Cc1ccc(C(F)(F)F)cc1)C(=O)Cn1ncc2ccccc2c1=O. The molecule has 0 aliphatic rings. The van der Waals surface area contributed by atoms with E-state index in [1.165, 1.54) is 30.3 Å². The van der Waals surface area contributed by atoms with Crippen molar-refractivity contribution >= 4 is 16.7 Å². The fourth-order valence-electron chi connectivity index (χ4n) is 2.65. The van der Waals surface area contributed by atoms with Gasteiger partial charge in [-0.3, -0.25) is 9.59 Å². The normalized spacial score (nSPS) is 11.6. The van der Waals surface area contributed by atoms with E-state index in [0.717, 1.165) is 16.8 Å². The van der Waals surface area contributed by atoms with Crippen LogP contribution >= 0.6 is 0 Å². The standard InChI is InChI=1S/C19H16F3N3O2/c1-24(11-13-6-8-15(9-7-13)19(20,21)22)17(26)12-25-18(27)16-5-3-2-4-14(16)10-23-25/h2-10H,11-12H2,1H3. The molecule has 0 atom stereocenters. The van der Waals surface area contributed by atoms with Crippen molar-refractivity contribution in [1.82, 2.24) is 14.7 Å². The molecule has 27 heavy (non-hydrogen) atoms. The van der Waals surface area contributed by atoms with Gasteiger partial charge in [-0.15, -0.1) is 0 Å². The van der Waals surface area contributed by atoms with E-state index in [4.69, 9.17) is 0 Å². The molecule has 5 nitrogen and oxygen atoms in total. The molecule has 0 radical (unpaired) electrons. The maximum absolute atomic E-state index is 12.6. The third kappa shape index (κ3) is 4.16. The van der Waals surface area contributed by atoms with Crippen LogP contribution in [-0.4, -0.2) is 27.6 Å². The van der Waals surface area contributed by atoms with E-state index in [-0.39, 0.29) is 24.6 Å². The van der Waals surface area contributed by atoms with Crippen molar-refractivity contribution in [3.63, 3.8) is 0 Å². The zero-order valence-electron chi connectivity index (χ0n) is 14.4. The Morgan fingerprint density at radius 1 is 1.11 bits per heavy atom. The van der Waals surface area contributed by atoms with Crippen LogP contribution in [0, 0.1) is 0 Å². The van der Waals surface area contributed by atoms with Crippen LogP contribution in [0.2, 0.25) is 0 Å². The average molecular weight is 375 g/mol. The number of amides is 1. The summed E-state index contributed by atoms with van der Waals surface area (Å²) in [7, 11) is 1.52. The van der Waals surface area contributed by atoms with Crippen molar-refractivity contribution in [3.05, 3.63) is 76.2 Å². The molecule has 0 saturated carbocycles. The number of likely N-dealkylation sites (N-methyl/N-ethyl adjacent to an activating group) is 1. The third-order valence-electron chi connectivity index (χ3n) is 4.17. The number of hydrogen-bond acceptors (Lipinski definition) is 3. The van der Waals surface area contributed by atoms with Crippen LogP contribution < -0.4 is 5.56 Å². The summed E-state index contributed by atoms with van der Waals surface area (Å²) in [5.74, 6) is -0.375. The van der Waals surface area contributed by atoms with Gasteiger partial charge in [-0.1, -0.05) is 30.3 Å². The van der Waals surface area contributed by atoms with Gasteiger partial charge in [0.1, 0.15) is 6.54 Å². The van der Waals surface area contributed by atoms with Gasteiger partial charge in [0.25, 0.3) is 5.56 Å². The second-order valence-corrected chi connectivity index (χ2v) is 6.14. The molecule has 0 aliphatic heterocycles. The Balaban J connectivity index is 1.71. The second kappa shape index (κ2) is 7.22. The lowest BCUT2D eigenvalue weighted by atomic mass is 10.1. The minimum Gasteiger partial charge on any atom is -0.340 e. The molecule has 3 aromatic rings. The number of aromatic nitrogens is 2. The summed E-state index contributed by atoms with van der Waals surface area (Å²) in [6.07, 6.45) is -2.89. The maximum Gasteiger partial charge on any atom is 0.416 e. The fourth-order valence-corrected chi connectivity index (χ4v) is 2.65. The highest BCUT2D eigenvalue weighted by molar-refractivity contribution is 5.81. The summed E-state index contributed by atoms with van der Waals surface area (Å²) < 4.78 is 38.9. The quantitative estimate of drug-likeness (QED) is 0.704. The first-order valence-corrected chi connectivity index (χ1v) is 8.10. The molecule has 2 aromatic carbocycles. The zero-order chi connectivity index (χ0) is 19.6. The number of nitrogens with zero attached hydrogens (tertiary/aromatic N) is 3. The number of carbonyl (C=O) groups excluding carboxylic acids is 1. The lowest BCUT2D eigenvalue weighted by Gasteiger charge is -2.18. The molecule has 0 bridgehead atoms. The van der Waals surface area contributed by atoms with Gasteiger partial charge in [0.05, 0.1) is 17.1 Å². The van der Waals surface area contributed by atoms with E-state index in [1.807, 2.05) is 0 Å². The van der Waals surface area contributed by atoms with Crippen LogP contribution in [0.25, 0.3) is 10.8 Å². The number of rotatable bonds is 4. The molecular formula is C19H16F3N3O2. The van der Waals surface area contributed by atoms with E-state index >= 15 is 0 Å². The molecule has 0 saturated heterocycles. The van der Waals surface area contributed by atoms with Crippen LogP contribution in [0.1, 0.15) is 11.1 Å². The van der Waals surface area contributed by atoms with Gasteiger partial charge < -0.3 is 4.90 Å². The van der Waals surface area contributed by atoms with E-state index in [1.54, 1.807) is 24.3 Å². The van der Waals surface area contributed by atoms with Crippen LogP contribution in [0.5, 0.6) is 0 Å². The molecule has 8 heteroatoms. The summed E-state index contributed by atoms with van der Waals surface area (Å²) >= 11 is 0. The highest BCUT2D eigenvalue weighted by Gasteiger charge is 2.30. The number of fused-ring (bicyclic) bond motifs is 1. The first-order valence-electron chi connectivity index (χ1n) is 8.10. The van der Waals surface area contributed by atoms with Crippen LogP contribution in [0.15, 0.2) is 59.5 Å². The van der Waals surface area contributed by atoms with Crippen molar-refractivity contribution in [2.24, 2.45) is 0 Å². The zero-order valence-corrected chi connectivity index (χ0v) is 14.4. The fraction of sp³-hybridized carbons (Fsp3) is 0.211. The van der Waals surface area contributed by atoms with Crippen LogP contribution in [0.4, 0.5) is 13.2 Å². The monoisotopic (exact) mass is 375 g/mol. The third-order valence-corrected chi connectivity index (χ3v) is 4.17. The van der Waals surface area contributed by atoms with E-state index < -0.39 is 11.7 Å². The highest BCUT2D eigenvalue weighted by Crippen LogP contribution is 2.29. The summed E-state index contributed by atoms with van der Waals surface area (Å²) in [5.41, 5.74) is -0.561. The van der Waals surface area contributed by atoms with E-state index in [9.17, 15) is 22.8 Å². The molecule has 1 amide bonds. The molecular weight excluding hydrogens is 359 g/mol. The molecule has 1 heterocycles. The summed E-state index contributed by atoms with van der Waals surface area (Å²) in [6, 6.07) is 11.5. The van der Waals surface area contributed by atoms with E-state index in [2.05, 4.69) is 5.10 Å². The highest BCUT2D eigenvalue weighted by atomic mass is 19.4. The van der Waals surface area contributed by atoms with Gasteiger partial charge in [0.2, 0.25) is 5.91 Å². The van der Waals surface area contributed by atoms with Gasteiger partial charge in [-0.2, -0.15) is 18.3 Å². The van der Waals surface area contributed by atoms with Gasteiger partial charge in [-0.25, -0.2) is 4.68 Å². The van der Waals surface area contributed by atoms with Crippen molar-refractivity contribution < 1.29 is 18.0 Å². The molecule has 0 N–H and O–H groups in total. The summed E-state index contributed by atoms with van der Waals surface area (Å²) in [5, 5.41) is 5.15. The predicted octanol–water partition coefficient (Wildman–Crippen LogP) is 3.07. The number of alkyl halides is 3. The Morgan fingerprint density at radius 2 is 1.78 bits per heavy atom. The molecule has 0 spiro atoms. The number of hydrogen-bond donors (Lipinski definition) is 0. The van der Waals surface area contributed by atoms with Crippen LogP contribution in [0.3, 0.4) is 0 Å². The van der Waals surface area contributed by atoms with Gasteiger partial charge in [0, 0.05) is 19.0 Å². The van der Waals surface area contributed by atoms with E-state index in [0.29, 0.717) is 16.3 Å². The molecule has 140 valence electrons. The first kappa shape index (κ1) is 18.6. The Hall–Kier alpha value is -3.16. The predicted molar refractivity (Wildman–Crippen MR) is 93.9 cm³/mol. The molecule has 0 unspecified atom stereocenters. The Bertz CT molecular complexity index is 1030. The topological polar surface area (TPSA) is 55.2 Å². The average Bonchev–Trinajstić information content (AvgIpc) is 2.64. The summed E-state index contributed by atoms with van der Waals surface area (Å²) in [6.45, 7) is -0.125. The maximum atomic E-state index is 12.6. The van der Waals surface area contributed by atoms with Crippen molar-refractivity contribution in [2.75, 3.05) is 7.05 Å². The molecule has 3 rings (SSSR count). The van der Waals surface area contributed by atoms with Crippen LogP contribution in [-0.2, 0) is 24.1 Å². The first-order chi connectivity index (χ1) is 12.8. The minimum absolute atomic E-state index is 0.124. The van der Waals surface area contributed by atoms with Crippen molar-refractivity contribution in [1.29, 1.82) is 0 Å². The summed E-state index contributed by atoms with van der Waals surface area (Å²) in [4.78, 5) is 26.1. The number of benzene rings is 2. The molecule has 0 fully saturated rings. The molecule has 1 aromatic heterocycles. The lowest BCUT2D eigenvalue weighted by molar-refractivity contribution is -0.137. The Kier molecular flexibility index (Phi) is 4.98. The number of halogens is 3. The second-order valence-electron chi connectivity index (χ2n) is 6.14. The van der Waals surface area contributed by atoms with Gasteiger partial charge >= 0.3 is 6.18 Å². The molecule has 0 aliphatic carbocycles. The smallest absolute Gasteiger partial charge is 0.340 e. The number of carbonyl (C=O) groups is 1. The minimum atomic E-state index is -4.40. The van der Waals surface area contributed by atoms with Crippen molar-refractivity contribution in [3.8, 4) is 0 Å². The van der Waals surface area contributed by atoms with Crippen molar-refractivity contribution in [2.45, 2.75) is 19.3 Å². The Labute approximate surface area is 152 Å². The van der Waals surface area contributed by atoms with Gasteiger partial charge in [-0.05, 0) is 23.8 Å². The largest absolute Gasteiger partial charge is 0.416 e.